The molecule has 0 aliphatic heterocycles. The summed E-state index contributed by atoms with van der Waals surface area (Å²) in [5.74, 6) is -0.452. The summed E-state index contributed by atoms with van der Waals surface area (Å²) in [4.78, 5) is 22.1. The monoisotopic (exact) mass is 279 g/mol. The van der Waals surface area contributed by atoms with Crippen molar-refractivity contribution < 1.29 is 9.72 Å². The van der Waals surface area contributed by atoms with Crippen LogP contribution in [-0.4, -0.2) is 27.2 Å². The van der Waals surface area contributed by atoms with Crippen LogP contribution in [0, 0.1) is 17.0 Å². The van der Waals surface area contributed by atoms with Crippen molar-refractivity contribution in [2.45, 2.75) is 6.92 Å². The first-order chi connectivity index (χ1) is 9.06. The molecule has 2 N–H and O–H groups in total. The van der Waals surface area contributed by atoms with Crippen molar-refractivity contribution in [2.24, 2.45) is 5.10 Å². The summed E-state index contributed by atoms with van der Waals surface area (Å²) < 4.78 is 0. The smallest absolute Gasteiger partial charge is 0.282 e. The molecule has 2 aromatic rings. The Hall–Kier alpha value is -2.55. The van der Waals surface area contributed by atoms with Crippen LogP contribution in [0.1, 0.15) is 21.1 Å². The molecule has 0 fully saturated rings. The van der Waals surface area contributed by atoms with E-state index >= 15 is 0 Å². The number of aromatic amines is 1. The minimum absolute atomic E-state index is 0.0238. The molecular weight excluding hydrogens is 270 g/mol. The molecule has 8 nitrogen and oxygen atoms in total. The van der Waals surface area contributed by atoms with Gasteiger partial charge in [0.2, 0.25) is 0 Å². The lowest BCUT2D eigenvalue weighted by Gasteiger charge is -1.92. The number of rotatable bonds is 4. The van der Waals surface area contributed by atoms with E-state index in [-0.39, 0.29) is 10.7 Å². The molecule has 0 radical (unpaired) electrons. The molecule has 9 heteroatoms. The lowest BCUT2D eigenvalue weighted by atomic mass is 10.4. The van der Waals surface area contributed by atoms with E-state index in [4.69, 9.17) is 0 Å². The maximum atomic E-state index is 11.5. The molecule has 0 bridgehead atoms. The van der Waals surface area contributed by atoms with Crippen molar-refractivity contribution in [3.8, 4) is 0 Å². The maximum Gasteiger partial charge on any atom is 0.324 e. The van der Waals surface area contributed by atoms with E-state index in [9.17, 15) is 14.9 Å². The zero-order valence-electron chi connectivity index (χ0n) is 9.78. The molecule has 0 atom stereocenters. The molecule has 0 unspecified atom stereocenters. The maximum absolute atomic E-state index is 11.5. The van der Waals surface area contributed by atoms with Crippen molar-refractivity contribution in [3.63, 3.8) is 0 Å². The standard InChI is InChI=1S/C10H9N5O3S/c1-6-4-8(13-12-6)10(16)14-11-5-7-2-3-9(19-7)15(17)18/h2-5H,1H3,(H,12,13)(H,14,16)/b11-5+. The van der Waals surface area contributed by atoms with Gasteiger partial charge < -0.3 is 0 Å². The van der Waals surface area contributed by atoms with Gasteiger partial charge >= 0.3 is 5.00 Å². The van der Waals surface area contributed by atoms with Gasteiger partial charge in [-0.15, -0.1) is 0 Å². The van der Waals surface area contributed by atoms with Crippen molar-refractivity contribution in [2.75, 3.05) is 0 Å². The van der Waals surface area contributed by atoms with E-state index in [1.165, 1.54) is 12.3 Å². The molecule has 0 saturated carbocycles. The Bertz CT molecular complexity index is 645. The summed E-state index contributed by atoms with van der Waals surface area (Å²) in [7, 11) is 0. The molecule has 2 rings (SSSR count). The number of thiophene rings is 1. The van der Waals surface area contributed by atoms with Gasteiger partial charge in [0.25, 0.3) is 5.91 Å². The first-order valence-electron chi connectivity index (χ1n) is 5.16. The quantitative estimate of drug-likeness (QED) is 0.501. The molecular formula is C10H9N5O3S. The van der Waals surface area contributed by atoms with Crippen molar-refractivity contribution >= 4 is 28.5 Å². The Morgan fingerprint density at radius 2 is 2.42 bits per heavy atom. The van der Waals surface area contributed by atoms with Crippen LogP contribution in [0.3, 0.4) is 0 Å². The van der Waals surface area contributed by atoms with Crippen LogP contribution in [-0.2, 0) is 0 Å². The van der Waals surface area contributed by atoms with Gasteiger partial charge in [0, 0.05) is 11.8 Å². The first kappa shape index (κ1) is 12.9. The third-order valence-corrected chi connectivity index (χ3v) is 3.06. The number of aryl methyl sites for hydroxylation is 1. The molecule has 0 spiro atoms. The number of H-pyrrole nitrogens is 1. The number of nitrogens with zero attached hydrogens (tertiary/aromatic N) is 3. The van der Waals surface area contributed by atoms with Crippen LogP contribution in [0.2, 0.25) is 0 Å². The van der Waals surface area contributed by atoms with E-state index in [0.29, 0.717) is 4.88 Å². The van der Waals surface area contributed by atoms with Crippen LogP contribution >= 0.6 is 11.3 Å². The van der Waals surface area contributed by atoms with E-state index < -0.39 is 10.8 Å². The van der Waals surface area contributed by atoms with Gasteiger partial charge in [-0.25, -0.2) is 5.43 Å². The number of nitro groups is 1. The average Bonchev–Trinajstić information content (AvgIpc) is 2.98. The lowest BCUT2D eigenvalue weighted by Crippen LogP contribution is -2.17. The highest BCUT2D eigenvalue weighted by Crippen LogP contribution is 2.22. The number of hydrogen-bond donors (Lipinski definition) is 2. The summed E-state index contributed by atoms with van der Waals surface area (Å²) in [5.41, 5.74) is 3.28. The Morgan fingerprint density at radius 1 is 1.63 bits per heavy atom. The topological polar surface area (TPSA) is 113 Å². The summed E-state index contributed by atoms with van der Waals surface area (Å²) in [6.07, 6.45) is 1.34. The van der Waals surface area contributed by atoms with Crippen LogP contribution in [0.5, 0.6) is 0 Å². The third-order valence-electron chi connectivity index (χ3n) is 2.09. The van der Waals surface area contributed by atoms with E-state index in [1.54, 1.807) is 19.1 Å². The number of hydrogen-bond acceptors (Lipinski definition) is 6. The molecule has 1 amide bonds. The summed E-state index contributed by atoms with van der Waals surface area (Å²) in [6, 6.07) is 4.52. The number of aromatic nitrogens is 2. The fourth-order valence-electron chi connectivity index (χ4n) is 1.26. The zero-order chi connectivity index (χ0) is 13.8. The van der Waals surface area contributed by atoms with Gasteiger partial charge in [-0.2, -0.15) is 10.2 Å². The van der Waals surface area contributed by atoms with E-state index in [0.717, 1.165) is 17.0 Å². The van der Waals surface area contributed by atoms with Crippen molar-refractivity contribution in [1.29, 1.82) is 0 Å². The predicted octanol–water partition coefficient (Wildman–Crippen LogP) is 1.45. The number of hydrazone groups is 1. The summed E-state index contributed by atoms with van der Waals surface area (Å²) in [5, 5.41) is 20.6. The van der Waals surface area contributed by atoms with E-state index in [2.05, 4.69) is 20.7 Å². The highest BCUT2D eigenvalue weighted by atomic mass is 32.1. The highest BCUT2D eigenvalue weighted by Gasteiger charge is 2.09. The SMILES string of the molecule is Cc1cc(C(=O)N/N=C/c2ccc([N+](=O)[O-])s2)n[nH]1. The van der Waals surface area contributed by atoms with Crippen LogP contribution in [0.15, 0.2) is 23.3 Å². The van der Waals surface area contributed by atoms with Crippen molar-refractivity contribution in [3.05, 3.63) is 44.6 Å². The lowest BCUT2D eigenvalue weighted by molar-refractivity contribution is -0.380. The molecule has 0 aliphatic carbocycles. The molecule has 0 saturated heterocycles. The third kappa shape index (κ3) is 3.22. The van der Waals surface area contributed by atoms with Gasteiger partial charge in [0.05, 0.1) is 16.0 Å². The zero-order valence-corrected chi connectivity index (χ0v) is 10.6. The van der Waals surface area contributed by atoms with Crippen LogP contribution < -0.4 is 5.43 Å². The fraction of sp³-hybridized carbons (Fsp3) is 0.100. The van der Waals surface area contributed by atoms with Crippen molar-refractivity contribution in [1.82, 2.24) is 15.6 Å². The second-order valence-corrected chi connectivity index (χ2v) is 4.66. The predicted molar refractivity (Wildman–Crippen MR) is 69.4 cm³/mol. The Kier molecular flexibility index (Phi) is 3.66. The first-order valence-corrected chi connectivity index (χ1v) is 5.97. The second kappa shape index (κ2) is 5.40. The Balaban J connectivity index is 1.96. The molecule has 2 heterocycles. The van der Waals surface area contributed by atoms with Gasteiger partial charge in [-0.1, -0.05) is 11.3 Å². The molecule has 0 aromatic carbocycles. The van der Waals surface area contributed by atoms with Gasteiger partial charge in [-0.3, -0.25) is 20.0 Å². The fourth-order valence-corrected chi connectivity index (χ4v) is 1.95. The van der Waals surface area contributed by atoms with Gasteiger partial charge in [-0.05, 0) is 19.1 Å². The summed E-state index contributed by atoms with van der Waals surface area (Å²) >= 11 is 0.971. The molecule has 98 valence electrons. The Labute approximate surface area is 111 Å². The summed E-state index contributed by atoms with van der Waals surface area (Å²) in [6.45, 7) is 1.78. The van der Waals surface area contributed by atoms with Crippen LogP contribution in [0.4, 0.5) is 5.00 Å². The molecule has 0 aliphatic rings. The molecule has 19 heavy (non-hydrogen) atoms. The number of carbonyl (C=O) groups is 1. The van der Waals surface area contributed by atoms with Crippen LogP contribution in [0.25, 0.3) is 0 Å². The second-order valence-electron chi connectivity index (χ2n) is 3.57. The molecule has 2 aromatic heterocycles. The van der Waals surface area contributed by atoms with Gasteiger partial charge in [0.1, 0.15) is 0 Å². The normalized spacial score (nSPS) is 10.8. The number of nitrogens with one attached hydrogen (secondary N) is 2. The Morgan fingerprint density at radius 3 is 3.00 bits per heavy atom. The van der Waals surface area contributed by atoms with E-state index in [1.807, 2.05) is 0 Å². The number of amides is 1. The number of carbonyl (C=O) groups excluding carboxylic acids is 1. The largest absolute Gasteiger partial charge is 0.324 e. The highest BCUT2D eigenvalue weighted by molar-refractivity contribution is 7.16. The average molecular weight is 279 g/mol. The minimum atomic E-state index is -0.479. The van der Waals surface area contributed by atoms with Gasteiger partial charge in [0.15, 0.2) is 5.69 Å². The minimum Gasteiger partial charge on any atom is -0.282 e.